The molecule has 0 aliphatic heterocycles. The van der Waals surface area contributed by atoms with Gasteiger partial charge in [-0.2, -0.15) is 5.26 Å². The monoisotopic (exact) mass is 441 g/mol. The average Bonchev–Trinajstić information content (AvgIpc) is 2.88. The van der Waals surface area contributed by atoms with Crippen molar-refractivity contribution in [1.82, 2.24) is 9.97 Å². The van der Waals surface area contributed by atoms with E-state index in [4.69, 9.17) is 4.42 Å². The molecule has 160 valence electrons. The number of benzene rings is 3. The highest BCUT2D eigenvalue weighted by atomic mass is 16.4. The lowest BCUT2D eigenvalue weighted by atomic mass is 9.90. The Balaban J connectivity index is 1.98. The van der Waals surface area contributed by atoms with Crippen LogP contribution in [0.15, 0.2) is 98.9 Å². The minimum atomic E-state index is -0.770. The van der Waals surface area contributed by atoms with E-state index >= 15 is 0 Å². The van der Waals surface area contributed by atoms with Gasteiger partial charge in [0, 0.05) is 16.5 Å². The Morgan fingerprint density at radius 3 is 2.06 bits per heavy atom. The van der Waals surface area contributed by atoms with Gasteiger partial charge < -0.3 is 9.40 Å². The number of hydrogen-bond acceptors (Lipinski definition) is 5. The molecule has 0 aliphatic rings. The Labute approximate surface area is 192 Å². The van der Waals surface area contributed by atoms with Crippen LogP contribution in [0, 0.1) is 11.3 Å². The predicted octanol–water partition coefficient (Wildman–Crippen LogP) is 5.39. The van der Waals surface area contributed by atoms with Crippen molar-refractivity contribution in [2.45, 2.75) is 0 Å². The van der Waals surface area contributed by atoms with E-state index < -0.39 is 5.63 Å². The lowest BCUT2D eigenvalue weighted by Crippen LogP contribution is -2.12. The van der Waals surface area contributed by atoms with E-state index in [0.29, 0.717) is 38.5 Å². The summed E-state index contributed by atoms with van der Waals surface area (Å²) in [5, 5.41) is 11.4. The van der Waals surface area contributed by atoms with Crippen LogP contribution in [0.25, 0.3) is 55.2 Å². The minimum absolute atomic E-state index is 0.0740. The molecule has 34 heavy (non-hydrogen) atoms. The number of H-pyrrole nitrogens is 1. The zero-order chi connectivity index (χ0) is 23.2. The quantitative estimate of drug-likeness (QED) is 0.287. The first-order valence-electron chi connectivity index (χ1n) is 10.6. The summed E-state index contributed by atoms with van der Waals surface area (Å²) in [6.45, 7) is 0. The van der Waals surface area contributed by atoms with E-state index in [1.165, 1.54) is 0 Å². The van der Waals surface area contributed by atoms with E-state index in [1.807, 2.05) is 84.9 Å². The van der Waals surface area contributed by atoms with Crippen LogP contribution < -0.4 is 11.2 Å². The van der Waals surface area contributed by atoms with Gasteiger partial charge in [0.15, 0.2) is 0 Å². The molecule has 0 amide bonds. The van der Waals surface area contributed by atoms with E-state index in [2.05, 4.69) is 9.97 Å². The first-order valence-corrected chi connectivity index (χ1v) is 10.6. The van der Waals surface area contributed by atoms with Crippen molar-refractivity contribution in [2.24, 2.45) is 0 Å². The fourth-order valence-electron chi connectivity index (χ4n) is 4.52. The summed E-state index contributed by atoms with van der Waals surface area (Å²) >= 11 is 0. The highest BCUT2D eigenvalue weighted by molar-refractivity contribution is 6.18. The van der Waals surface area contributed by atoms with Crippen LogP contribution >= 0.6 is 0 Å². The van der Waals surface area contributed by atoms with Gasteiger partial charge in [-0.25, -0.2) is 9.78 Å². The third kappa shape index (κ3) is 2.85. The summed E-state index contributed by atoms with van der Waals surface area (Å²) in [5.74, 6) is 0. The maximum absolute atomic E-state index is 13.4. The molecule has 0 spiro atoms. The molecule has 0 aliphatic carbocycles. The zero-order valence-corrected chi connectivity index (χ0v) is 17.7. The smallest absolute Gasteiger partial charge is 0.356 e. The fourth-order valence-corrected chi connectivity index (χ4v) is 4.52. The van der Waals surface area contributed by atoms with E-state index in [9.17, 15) is 14.9 Å². The van der Waals surface area contributed by atoms with Crippen LogP contribution in [0.2, 0.25) is 0 Å². The SMILES string of the molecule is N#Cc1c(-c2ccccc2)c2c(-c3ccccc3)c3c(=O)[nH]c4ccccc4c3nc2oc1=O. The number of rotatable bonds is 2. The topological polar surface area (TPSA) is 99.8 Å². The number of pyridine rings is 2. The summed E-state index contributed by atoms with van der Waals surface area (Å²) < 4.78 is 5.60. The van der Waals surface area contributed by atoms with Crippen LogP contribution in [-0.4, -0.2) is 9.97 Å². The van der Waals surface area contributed by atoms with Gasteiger partial charge in [-0.3, -0.25) is 4.79 Å². The summed E-state index contributed by atoms with van der Waals surface area (Å²) in [5.41, 5.74) is 2.28. The van der Waals surface area contributed by atoms with Crippen LogP contribution in [0.4, 0.5) is 0 Å². The van der Waals surface area contributed by atoms with Gasteiger partial charge in [0.05, 0.1) is 21.8 Å². The van der Waals surface area contributed by atoms with Gasteiger partial charge >= 0.3 is 5.63 Å². The molecular formula is C28H15N3O3. The van der Waals surface area contributed by atoms with Crippen molar-refractivity contribution < 1.29 is 4.42 Å². The molecule has 0 saturated heterocycles. The lowest BCUT2D eigenvalue weighted by molar-refractivity contribution is 0.549. The normalized spacial score (nSPS) is 11.1. The molecule has 6 nitrogen and oxygen atoms in total. The number of nitriles is 1. The fraction of sp³-hybridized carbons (Fsp3) is 0. The first kappa shape index (κ1) is 19.6. The molecule has 0 unspecified atom stereocenters. The standard InChI is InChI=1S/C28H15N3O3/c29-15-19-21(16-9-3-1-4-10-16)23-22(17-11-5-2-6-12-17)24-25(31-27(23)34-28(19)33)18-13-7-8-14-20(18)30-26(24)32/h1-14H,(H,30,32). The number of nitrogens with zero attached hydrogens (tertiary/aromatic N) is 2. The third-order valence-electron chi connectivity index (χ3n) is 5.95. The first-order chi connectivity index (χ1) is 16.7. The summed E-state index contributed by atoms with van der Waals surface area (Å²) in [7, 11) is 0. The third-order valence-corrected chi connectivity index (χ3v) is 5.95. The minimum Gasteiger partial charge on any atom is -0.403 e. The number of fused-ring (bicyclic) bond motifs is 4. The summed E-state index contributed by atoms with van der Waals surface area (Å²) in [6.07, 6.45) is 0. The Hall–Kier alpha value is -5.02. The molecule has 0 bridgehead atoms. The van der Waals surface area contributed by atoms with Crippen molar-refractivity contribution in [1.29, 1.82) is 5.26 Å². The van der Waals surface area contributed by atoms with E-state index in [-0.39, 0.29) is 16.8 Å². The molecule has 0 atom stereocenters. The molecular weight excluding hydrogens is 426 g/mol. The number of aromatic amines is 1. The summed E-state index contributed by atoms with van der Waals surface area (Å²) in [6, 6.07) is 27.9. The summed E-state index contributed by atoms with van der Waals surface area (Å²) in [4.78, 5) is 34.0. The molecule has 3 heterocycles. The highest BCUT2D eigenvalue weighted by Gasteiger charge is 2.24. The molecule has 0 saturated carbocycles. The molecule has 6 aromatic rings. The van der Waals surface area contributed by atoms with Crippen molar-refractivity contribution in [3.63, 3.8) is 0 Å². The van der Waals surface area contributed by atoms with Crippen molar-refractivity contribution in [3.05, 3.63) is 111 Å². The molecule has 6 rings (SSSR count). The largest absolute Gasteiger partial charge is 0.403 e. The highest BCUT2D eigenvalue weighted by Crippen LogP contribution is 2.40. The Morgan fingerprint density at radius 1 is 0.765 bits per heavy atom. The van der Waals surface area contributed by atoms with Crippen molar-refractivity contribution >= 4 is 32.9 Å². The number of aromatic nitrogens is 2. The van der Waals surface area contributed by atoms with Gasteiger partial charge in [0.25, 0.3) is 5.56 Å². The van der Waals surface area contributed by atoms with E-state index in [1.54, 1.807) is 6.07 Å². The number of hydrogen-bond donors (Lipinski definition) is 1. The van der Waals surface area contributed by atoms with Gasteiger partial charge in [0.1, 0.15) is 11.6 Å². The Kier molecular flexibility index (Phi) is 4.36. The number of para-hydroxylation sites is 1. The van der Waals surface area contributed by atoms with E-state index in [0.717, 1.165) is 10.9 Å². The van der Waals surface area contributed by atoms with Gasteiger partial charge in [0.2, 0.25) is 5.71 Å². The molecule has 1 N–H and O–H groups in total. The second-order valence-corrected chi connectivity index (χ2v) is 7.87. The molecule has 0 radical (unpaired) electrons. The van der Waals surface area contributed by atoms with Crippen molar-refractivity contribution in [2.75, 3.05) is 0 Å². The van der Waals surface area contributed by atoms with Crippen LogP contribution in [0.3, 0.4) is 0 Å². The Bertz CT molecular complexity index is 1900. The zero-order valence-electron chi connectivity index (χ0n) is 17.7. The lowest BCUT2D eigenvalue weighted by Gasteiger charge is -2.15. The predicted molar refractivity (Wildman–Crippen MR) is 131 cm³/mol. The van der Waals surface area contributed by atoms with Crippen LogP contribution in [0.5, 0.6) is 0 Å². The Morgan fingerprint density at radius 2 is 1.38 bits per heavy atom. The number of nitrogens with one attached hydrogen (secondary N) is 1. The van der Waals surface area contributed by atoms with Crippen molar-refractivity contribution in [3.8, 4) is 28.3 Å². The molecule has 3 aromatic carbocycles. The second kappa shape index (κ2) is 7.54. The van der Waals surface area contributed by atoms with Gasteiger partial charge in [-0.1, -0.05) is 78.9 Å². The maximum atomic E-state index is 13.4. The average molecular weight is 441 g/mol. The molecule has 0 fully saturated rings. The van der Waals surface area contributed by atoms with Crippen LogP contribution in [-0.2, 0) is 0 Å². The second-order valence-electron chi connectivity index (χ2n) is 7.87. The molecule has 3 aromatic heterocycles. The van der Waals surface area contributed by atoms with Gasteiger partial charge in [-0.15, -0.1) is 0 Å². The van der Waals surface area contributed by atoms with Gasteiger partial charge in [-0.05, 0) is 17.2 Å². The van der Waals surface area contributed by atoms with Crippen LogP contribution in [0.1, 0.15) is 5.56 Å². The molecule has 6 heteroatoms. The maximum Gasteiger partial charge on any atom is 0.356 e.